The Bertz CT molecular complexity index is 813. The first-order valence-corrected chi connectivity index (χ1v) is 6.21. The molecule has 94 valence electrons. The van der Waals surface area contributed by atoms with E-state index in [4.69, 9.17) is 0 Å². The van der Waals surface area contributed by atoms with Crippen molar-refractivity contribution >= 4 is 10.9 Å². The molecule has 3 rings (SSSR count). The molecule has 2 aromatic heterocycles. The van der Waals surface area contributed by atoms with Gasteiger partial charge in [-0.25, -0.2) is 0 Å². The quantitative estimate of drug-likeness (QED) is 0.720. The number of aryl methyl sites for hydroxylation is 2. The van der Waals surface area contributed by atoms with E-state index in [2.05, 4.69) is 9.97 Å². The lowest BCUT2D eigenvalue weighted by molar-refractivity contribution is 1.11. The lowest BCUT2D eigenvalue weighted by Gasteiger charge is -2.07. The van der Waals surface area contributed by atoms with Crippen LogP contribution >= 0.6 is 0 Å². The Morgan fingerprint density at radius 2 is 1.89 bits per heavy atom. The van der Waals surface area contributed by atoms with Gasteiger partial charge in [0.15, 0.2) is 0 Å². The van der Waals surface area contributed by atoms with Gasteiger partial charge in [-0.1, -0.05) is 18.2 Å². The van der Waals surface area contributed by atoms with Crippen molar-refractivity contribution in [2.24, 2.45) is 0 Å². The Kier molecular flexibility index (Phi) is 2.67. The minimum Gasteiger partial charge on any atom is -0.326 e. The van der Waals surface area contributed by atoms with Crippen LogP contribution in [-0.4, -0.2) is 9.97 Å². The number of hydrogen-bond donors (Lipinski definition) is 1. The topological polar surface area (TPSA) is 45.8 Å². The SMILES string of the molecule is Cc1cc(-c2cccc3ncccc23)c(=O)[nH]c1C. The van der Waals surface area contributed by atoms with Gasteiger partial charge in [-0.15, -0.1) is 0 Å². The number of nitrogens with one attached hydrogen (secondary N) is 1. The fourth-order valence-electron chi connectivity index (χ4n) is 2.26. The van der Waals surface area contributed by atoms with E-state index in [0.29, 0.717) is 5.56 Å². The third kappa shape index (κ3) is 1.93. The molecule has 0 saturated carbocycles. The number of hydrogen-bond acceptors (Lipinski definition) is 2. The Morgan fingerprint density at radius 1 is 1.05 bits per heavy atom. The molecular weight excluding hydrogens is 236 g/mol. The molecule has 0 atom stereocenters. The fourth-order valence-corrected chi connectivity index (χ4v) is 2.26. The minimum absolute atomic E-state index is 0.0561. The average Bonchev–Trinajstić information content (AvgIpc) is 2.42. The van der Waals surface area contributed by atoms with Crippen LogP contribution in [0.2, 0.25) is 0 Å². The summed E-state index contributed by atoms with van der Waals surface area (Å²) >= 11 is 0. The first-order chi connectivity index (χ1) is 9.16. The van der Waals surface area contributed by atoms with Crippen molar-refractivity contribution in [3.63, 3.8) is 0 Å². The maximum Gasteiger partial charge on any atom is 0.256 e. The van der Waals surface area contributed by atoms with Crippen LogP contribution in [0.3, 0.4) is 0 Å². The molecule has 2 heterocycles. The molecule has 0 saturated heterocycles. The second kappa shape index (κ2) is 4.35. The van der Waals surface area contributed by atoms with Crippen molar-refractivity contribution in [2.75, 3.05) is 0 Å². The number of nitrogens with zero attached hydrogens (tertiary/aromatic N) is 1. The summed E-state index contributed by atoms with van der Waals surface area (Å²) < 4.78 is 0. The number of H-pyrrole nitrogens is 1. The van der Waals surface area contributed by atoms with Crippen LogP contribution < -0.4 is 5.56 Å². The molecule has 0 fully saturated rings. The molecule has 0 unspecified atom stereocenters. The summed E-state index contributed by atoms with van der Waals surface area (Å²) in [6.07, 6.45) is 1.76. The van der Waals surface area contributed by atoms with Gasteiger partial charge in [0.05, 0.1) is 5.52 Å². The third-order valence-electron chi connectivity index (χ3n) is 3.43. The number of pyridine rings is 2. The second-order valence-corrected chi connectivity index (χ2v) is 4.70. The molecule has 3 aromatic rings. The van der Waals surface area contributed by atoms with Crippen LogP contribution in [0.15, 0.2) is 47.4 Å². The molecule has 3 nitrogen and oxygen atoms in total. The number of benzene rings is 1. The second-order valence-electron chi connectivity index (χ2n) is 4.70. The highest BCUT2D eigenvalue weighted by molar-refractivity contribution is 5.94. The number of fused-ring (bicyclic) bond motifs is 1. The Balaban J connectivity index is 2.37. The van der Waals surface area contributed by atoms with Crippen molar-refractivity contribution in [3.8, 4) is 11.1 Å². The Labute approximate surface area is 111 Å². The van der Waals surface area contributed by atoms with Crippen LogP contribution in [0.1, 0.15) is 11.3 Å². The maximum absolute atomic E-state index is 12.2. The van der Waals surface area contributed by atoms with Gasteiger partial charge in [0.25, 0.3) is 5.56 Å². The highest BCUT2D eigenvalue weighted by Crippen LogP contribution is 2.25. The van der Waals surface area contributed by atoms with E-state index in [-0.39, 0.29) is 5.56 Å². The molecule has 0 aliphatic heterocycles. The Hall–Kier alpha value is -2.42. The molecule has 0 bridgehead atoms. The molecule has 0 aliphatic rings. The molecular formula is C16H14N2O. The Morgan fingerprint density at radius 3 is 2.74 bits per heavy atom. The summed E-state index contributed by atoms with van der Waals surface area (Å²) in [4.78, 5) is 19.4. The van der Waals surface area contributed by atoms with Crippen LogP contribution in [0, 0.1) is 13.8 Å². The summed E-state index contributed by atoms with van der Waals surface area (Å²) in [7, 11) is 0. The molecule has 0 aliphatic carbocycles. The lowest BCUT2D eigenvalue weighted by Crippen LogP contribution is -2.11. The standard InChI is InChI=1S/C16H14N2O/c1-10-9-14(16(19)18-11(10)2)12-5-3-7-15-13(12)6-4-8-17-15/h3-9H,1-2H3,(H,18,19). The van der Waals surface area contributed by atoms with Crippen molar-refractivity contribution in [1.29, 1.82) is 0 Å². The monoisotopic (exact) mass is 250 g/mol. The summed E-state index contributed by atoms with van der Waals surface area (Å²) in [5.74, 6) is 0. The van der Waals surface area contributed by atoms with Crippen molar-refractivity contribution in [1.82, 2.24) is 9.97 Å². The highest BCUT2D eigenvalue weighted by Gasteiger charge is 2.09. The fraction of sp³-hybridized carbons (Fsp3) is 0.125. The minimum atomic E-state index is -0.0561. The van der Waals surface area contributed by atoms with Gasteiger partial charge in [-0.05, 0) is 43.2 Å². The summed E-state index contributed by atoms with van der Waals surface area (Å²) in [5, 5.41) is 0.999. The molecule has 0 spiro atoms. The van der Waals surface area contributed by atoms with Gasteiger partial charge in [-0.3, -0.25) is 9.78 Å². The molecule has 19 heavy (non-hydrogen) atoms. The molecule has 1 N–H and O–H groups in total. The van der Waals surface area contributed by atoms with Gasteiger partial charge < -0.3 is 4.98 Å². The summed E-state index contributed by atoms with van der Waals surface area (Å²) in [6, 6.07) is 11.7. The third-order valence-corrected chi connectivity index (χ3v) is 3.43. The van der Waals surface area contributed by atoms with E-state index < -0.39 is 0 Å². The molecule has 3 heteroatoms. The van der Waals surface area contributed by atoms with Crippen LogP contribution in [0.4, 0.5) is 0 Å². The smallest absolute Gasteiger partial charge is 0.256 e. The zero-order valence-corrected chi connectivity index (χ0v) is 10.9. The average molecular weight is 250 g/mol. The van der Waals surface area contributed by atoms with Crippen LogP contribution in [0.5, 0.6) is 0 Å². The zero-order valence-electron chi connectivity index (χ0n) is 10.9. The highest BCUT2D eigenvalue weighted by atomic mass is 16.1. The van der Waals surface area contributed by atoms with Crippen molar-refractivity contribution in [3.05, 3.63) is 64.2 Å². The molecule has 0 amide bonds. The lowest BCUT2D eigenvalue weighted by atomic mass is 10.0. The normalized spacial score (nSPS) is 10.8. The van der Waals surface area contributed by atoms with Crippen molar-refractivity contribution in [2.45, 2.75) is 13.8 Å². The van der Waals surface area contributed by atoms with Crippen LogP contribution in [-0.2, 0) is 0 Å². The predicted molar refractivity (Wildman–Crippen MR) is 77.3 cm³/mol. The van der Waals surface area contributed by atoms with E-state index >= 15 is 0 Å². The largest absolute Gasteiger partial charge is 0.326 e. The van der Waals surface area contributed by atoms with E-state index in [9.17, 15) is 4.79 Å². The zero-order chi connectivity index (χ0) is 13.4. The first-order valence-electron chi connectivity index (χ1n) is 6.21. The number of aromatic amines is 1. The molecule has 1 aromatic carbocycles. The van der Waals surface area contributed by atoms with Crippen LogP contribution in [0.25, 0.3) is 22.0 Å². The van der Waals surface area contributed by atoms with E-state index in [0.717, 1.165) is 27.7 Å². The van der Waals surface area contributed by atoms with Gasteiger partial charge in [-0.2, -0.15) is 0 Å². The summed E-state index contributed by atoms with van der Waals surface area (Å²) in [5.41, 5.74) is 4.45. The first kappa shape index (κ1) is 11.7. The predicted octanol–water partition coefficient (Wildman–Crippen LogP) is 3.21. The van der Waals surface area contributed by atoms with E-state index in [1.807, 2.05) is 50.2 Å². The van der Waals surface area contributed by atoms with E-state index in [1.165, 1.54) is 0 Å². The van der Waals surface area contributed by atoms with Gasteiger partial charge >= 0.3 is 0 Å². The van der Waals surface area contributed by atoms with Gasteiger partial charge in [0.1, 0.15) is 0 Å². The van der Waals surface area contributed by atoms with Crippen molar-refractivity contribution < 1.29 is 0 Å². The number of rotatable bonds is 1. The summed E-state index contributed by atoms with van der Waals surface area (Å²) in [6.45, 7) is 3.91. The number of aromatic nitrogens is 2. The van der Waals surface area contributed by atoms with Gasteiger partial charge in [0, 0.05) is 22.8 Å². The van der Waals surface area contributed by atoms with E-state index in [1.54, 1.807) is 6.20 Å². The maximum atomic E-state index is 12.2. The molecule has 0 radical (unpaired) electrons. The van der Waals surface area contributed by atoms with Gasteiger partial charge in [0.2, 0.25) is 0 Å².